The number of rotatable bonds is 1. The number of halogens is 2. The molecule has 0 atom stereocenters. The van der Waals surface area contributed by atoms with Crippen molar-refractivity contribution in [2.45, 2.75) is 19.8 Å². The lowest BCUT2D eigenvalue weighted by atomic mass is 9.96. The average Bonchev–Trinajstić information content (AvgIpc) is 2.42. The minimum absolute atomic E-state index is 0.330. The molecule has 0 unspecified atom stereocenters. The first kappa shape index (κ1) is 12.2. The van der Waals surface area contributed by atoms with Gasteiger partial charge in [0.25, 0.3) is 0 Å². The fourth-order valence-electron chi connectivity index (χ4n) is 2.51. The van der Waals surface area contributed by atoms with Crippen molar-refractivity contribution in [3.8, 4) is 11.1 Å². The van der Waals surface area contributed by atoms with Crippen LogP contribution in [0.2, 0.25) is 0 Å². The van der Waals surface area contributed by atoms with E-state index in [1.807, 2.05) is 18.2 Å². The van der Waals surface area contributed by atoms with Gasteiger partial charge in [-0.1, -0.05) is 6.07 Å². The fraction of sp³-hybridized carbons (Fsp3) is 0.250. The van der Waals surface area contributed by atoms with E-state index in [0.717, 1.165) is 30.6 Å². The highest BCUT2D eigenvalue weighted by atomic mass is 19.1. The largest absolute Gasteiger partial charge is 0.385 e. The smallest absolute Gasteiger partial charge is 0.131 e. The van der Waals surface area contributed by atoms with Crippen molar-refractivity contribution in [1.82, 2.24) is 0 Å². The first-order valence-electron chi connectivity index (χ1n) is 6.48. The van der Waals surface area contributed by atoms with Gasteiger partial charge in [0.1, 0.15) is 11.6 Å². The molecule has 1 aliphatic rings. The lowest BCUT2D eigenvalue weighted by Gasteiger charge is -2.19. The number of nitrogens with one attached hydrogen (secondary N) is 1. The molecule has 0 aromatic heterocycles. The quantitative estimate of drug-likeness (QED) is 0.805. The van der Waals surface area contributed by atoms with Crippen LogP contribution in [-0.4, -0.2) is 6.54 Å². The highest BCUT2D eigenvalue weighted by Crippen LogP contribution is 2.30. The molecule has 19 heavy (non-hydrogen) atoms. The first-order chi connectivity index (χ1) is 9.15. The van der Waals surface area contributed by atoms with Crippen LogP contribution in [0.4, 0.5) is 14.5 Å². The normalized spacial score (nSPS) is 13.8. The van der Waals surface area contributed by atoms with E-state index in [-0.39, 0.29) is 11.6 Å². The van der Waals surface area contributed by atoms with Gasteiger partial charge in [-0.25, -0.2) is 8.78 Å². The van der Waals surface area contributed by atoms with E-state index in [4.69, 9.17) is 0 Å². The summed E-state index contributed by atoms with van der Waals surface area (Å²) in [6.45, 7) is 2.54. The molecule has 0 spiro atoms. The molecule has 0 fully saturated rings. The number of anilines is 1. The van der Waals surface area contributed by atoms with Gasteiger partial charge in [0.15, 0.2) is 0 Å². The summed E-state index contributed by atoms with van der Waals surface area (Å²) in [5, 5.41) is 3.31. The second-order valence-corrected chi connectivity index (χ2v) is 4.98. The maximum Gasteiger partial charge on any atom is 0.131 e. The Morgan fingerprint density at radius 2 is 1.89 bits per heavy atom. The minimum atomic E-state index is -0.373. The van der Waals surface area contributed by atoms with Crippen molar-refractivity contribution >= 4 is 5.69 Å². The summed E-state index contributed by atoms with van der Waals surface area (Å²) in [7, 11) is 0. The van der Waals surface area contributed by atoms with Crippen molar-refractivity contribution in [2.75, 3.05) is 11.9 Å². The predicted molar refractivity (Wildman–Crippen MR) is 73.3 cm³/mol. The van der Waals surface area contributed by atoms with Crippen molar-refractivity contribution in [2.24, 2.45) is 0 Å². The Bertz CT molecular complexity index is 635. The van der Waals surface area contributed by atoms with E-state index in [9.17, 15) is 8.78 Å². The summed E-state index contributed by atoms with van der Waals surface area (Å²) in [5.74, 6) is -0.741. The van der Waals surface area contributed by atoms with E-state index in [0.29, 0.717) is 11.1 Å². The fourth-order valence-corrected chi connectivity index (χ4v) is 2.51. The molecule has 2 aromatic carbocycles. The summed E-state index contributed by atoms with van der Waals surface area (Å²) < 4.78 is 27.6. The highest BCUT2D eigenvalue weighted by Gasteiger charge is 2.13. The third-order valence-electron chi connectivity index (χ3n) is 3.60. The van der Waals surface area contributed by atoms with Crippen LogP contribution in [0, 0.1) is 18.6 Å². The van der Waals surface area contributed by atoms with E-state index < -0.39 is 0 Å². The van der Waals surface area contributed by atoms with Crippen LogP contribution >= 0.6 is 0 Å². The van der Waals surface area contributed by atoms with Crippen LogP contribution in [0.1, 0.15) is 17.5 Å². The molecule has 3 rings (SSSR count). The van der Waals surface area contributed by atoms with Gasteiger partial charge in [0.05, 0.1) is 0 Å². The molecule has 0 amide bonds. The second kappa shape index (κ2) is 4.65. The molecule has 2 aromatic rings. The molecule has 98 valence electrons. The Balaban J connectivity index is 2.09. The monoisotopic (exact) mass is 259 g/mol. The van der Waals surface area contributed by atoms with Crippen molar-refractivity contribution in [3.05, 3.63) is 53.1 Å². The number of benzene rings is 2. The second-order valence-electron chi connectivity index (χ2n) is 4.98. The van der Waals surface area contributed by atoms with Crippen LogP contribution in [0.25, 0.3) is 11.1 Å². The van der Waals surface area contributed by atoms with E-state index in [1.54, 1.807) is 6.92 Å². The van der Waals surface area contributed by atoms with Gasteiger partial charge in [0, 0.05) is 17.8 Å². The zero-order chi connectivity index (χ0) is 13.4. The van der Waals surface area contributed by atoms with Crippen LogP contribution in [0.5, 0.6) is 0 Å². The number of hydrogen-bond donors (Lipinski definition) is 1. The highest BCUT2D eigenvalue weighted by molar-refractivity contribution is 5.70. The molecular weight excluding hydrogens is 244 g/mol. The molecule has 1 nitrogen and oxygen atoms in total. The van der Waals surface area contributed by atoms with Crippen LogP contribution < -0.4 is 5.32 Å². The standard InChI is InChI=1S/C16H15F2N/c1-10-7-15(18)13(9-14(10)17)11-4-5-16-12(8-11)3-2-6-19-16/h4-5,7-9,19H,2-3,6H2,1H3. The molecule has 3 heteroatoms. The molecule has 0 radical (unpaired) electrons. The van der Waals surface area contributed by atoms with Gasteiger partial charge >= 0.3 is 0 Å². The Kier molecular flexibility index (Phi) is 2.97. The van der Waals surface area contributed by atoms with Crippen LogP contribution in [0.3, 0.4) is 0 Å². The van der Waals surface area contributed by atoms with Gasteiger partial charge in [-0.05, 0) is 60.7 Å². The zero-order valence-corrected chi connectivity index (χ0v) is 10.8. The molecule has 0 bridgehead atoms. The topological polar surface area (TPSA) is 12.0 Å². The molecule has 0 saturated heterocycles. The third-order valence-corrected chi connectivity index (χ3v) is 3.60. The Labute approximate surface area is 111 Å². The lowest BCUT2D eigenvalue weighted by Crippen LogP contribution is -2.11. The minimum Gasteiger partial charge on any atom is -0.385 e. The van der Waals surface area contributed by atoms with Crippen LogP contribution in [0.15, 0.2) is 30.3 Å². The van der Waals surface area contributed by atoms with E-state index in [2.05, 4.69) is 5.32 Å². The summed E-state index contributed by atoms with van der Waals surface area (Å²) in [4.78, 5) is 0. The number of fused-ring (bicyclic) bond motifs is 1. The van der Waals surface area contributed by atoms with Gasteiger partial charge in [-0.3, -0.25) is 0 Å². The summed E-state index contributed by atoms with van der Waals surface area (Å²) >= 11 is 0. The van der Waals surface area contributed by atoms with Gasteiger partial charge in [0.2, 0.25) is 0 Å². The van der Waals surface area contributed by atoms with Crippen LogP contribution in [-0.2, 0) is 6.42 Å². The SMILES string of the molecule is Cc1cc(F)c(-c2ccc3c(c2)CCCN3)cc1F. The van der Waals surface area contributed by atoms with E-state index >= 15 is 0 Å². The Morgan fingerprint density at radius 1 is 1.05 bits per heavy atom. The molecular formula is C16H15F2N. The summed E-state index contributed by atoms with van der Waals surface area (Å²) in [6, 6.07) is 8.27. The molecule has 1 aliphatic heterocycles. The maximum absolute atomic E-state index is 14.0. The molecule has 0 saturated carbocycles. The van der Waals surface area contributed by atoms with Crippen molar-refractivity contribution < 1.29 is 8.78 Å². The Morgan fingerprint density at radius 3 is 2.74 bits per heavy atom. The van der Waals surface area contributed by atoms with Gasteiger partial charge in [-0.15, -0.1) is 0 Å². The Hall–Kier alpha value is -1.90. The zero-order valence-electron chi connectivity index (χ0n) is 10.8. The predicted octanol–water partition coefficient (Wildman–Crippen LogP) is 4.30. The lowest BCUT2D eigenvalue weighted by molar-refractivity contribution is 0.595. The average molecular weight is 259 g/mol. The molecule has 0 aliphatic carbocycles. The first-order valence-corrected chi connectivity index (χ1v) is 6.48. The summed E-state index contributed by atoms with van der Waals surface area (Å²) in [5.41, 5.74) is 3.67. The van der Waals surface area contributed by atoms with Crippen molar-refractivity contribution in [1.29, 1.82) is 0 Å². The van der Waals surface area contributed by atoms with Gasteiger partial charge < -0.3 is 5.32 Å². The van der Waals surface area contributed by atoms with Gasteiger partial charge in [-0.2, -0.15) is 0 Å². The number of hydrogen-bond acceptors (Lipinski definition) is 1. The molecule has 1 N–H and O–H groups in total. The number of aryl methyl sites for hydroxylation is 2. The molecule has 1 heterocycles. The maximum atomic E-state index is 14.0. The third kappa shape index (κ3) is 2.21. The summed E-state index contributed by atoms with van der Waals surface area (Å²) in [6.07, 6.45) is 2.05. The van der Waals surface area contributed by atoms with Crippen molar-refractivity contribution in [3.63, 3.8) is 0 Å². The van der Waals surface area contributed by atoms with E-state index in [1.165, 1.54) is 17.7 Å².